The molecule has 0 aliphatic carbocycles. The van der Waals surface area contributed by atoms with Gasteiger partial charge in [0.05, 0.1) is 10.6 Å². The molecule has 0 bridgehead atoms. The largest absolute Gasteiger partial charge is 0.348 e. The molecule has 0 saturated carbocycles. The molecule has 3 rings (SSSR count). The lowest BCUT2D eigenvalue weighted by Crippen LogP contribution is -2.23. The van der Waals surface area contributed by atoms with Crippen molar-refractivity contribution < 1.29 is 13.2 Å². The van der Waals surface area contributed by atoms with Gasteiger partial charge in [-0.1, -0.05) is 12.1 Å². The van der Waals surface area contributed by atoms with E-state index in [9.17, 15) is 13.2 Å². The Morgan fingerprint density at radius 3 is 2.50 bits per heavy atom. The molecule has 26 heavy (non-hydrogen) atoms. The Balaban J connectivity index is 1.68. The van der Waals surface area contributed by atoms with Crippen LogP contribution in [0.3, 0.4) is 0 Å². The van der Waals surface area contributed by atoms with E-state index in [0.717, 1.165) is 11.4 Å². The van der Waals surface area contributed by atoms with Gasteiger partial charge in [0.2, 0.25) is 10.0 Å². The highest BCUT2D eigenvalue weighted by molar-refractivity contribution is 7.89. The number of nitrogens with two attached hydrogens (primary N) is 1. The van der Waals surface area contributed by atoms with E-state index in [1.165, 1.54) is 12.1 Å². The highest BCUT2D eigenvalue weighted by Crippen LogP contribution is 2.12. The third kappa shape index (κ3) is 3.98. The molecule has 0 radical (unpaired) electrons. The maximum Gasteiger partial charge on any atom is 0.251 e. The number of hydrogen-bond acceptors (Lipinski definition) is 4. The van der Waals surface area contributed by atoms with Crippen LogP contribution in [0, 0.1) is 6.92 Å². The van der Waals surface area contributed by atoms with Crippen molar-refractivity contribution in [2.45, 2.75) is 18.4 Å². The molecule has 2 aromatic carbocycles. The standard InChI is InChI=1S/C18H18N4O3S/c1-13-9-10-21-22(13)16-7-5-15(6-8-16)18(23)20-12-14-3-2-4-17(11-14)26(19,24)25/h2-11H,12H2,1H3,(H,20,23)(H2,19,24,25). The second-order valence-corrected chi connectivity index (χ2v) is 7.37. The van der Waals surface area contributed by atoms with Crippen LogP contribution in [-0.4, -0.2) is 24.1 Å². The van der Waals surface area contributed by atoms with E-state index in [4.69, 9.17) is 5.14 Å². The van der Waals surface area contributed by atoms with E-state index < -0.39 is 10.0 Å². The van der Waals surface area contributed by atoms with Gasteiger partial charge in [-0.15, -0.1) is 0 Å². The molecule has 0 aliphatic rings. The summed E-state index contributed by atoms with van der Waals surface area (Å²) >= 11 is 0. The van der Waals surface area contributed by atoms with Crippen molar-refractivity contribution in [3.63, 3.8) is 0 Å². The number of nitrogens with one attached hydrogen (secondary N) is 1. The number of carbonyl (C=O) groups is 1. The summed E-state index contributed by atoms with van der Waals surface area (Å²) in [5, 5.41) is 12.1. The molecule has 7 nitrogen and oxygen atoms in total. The van der Waals surface area contributed by atoms with Gasteiger partial charge in [-0.3, -0.25) is 4.79 Å². The Bertz CT molecular complexity index is 1040. The van der Waals surface area contributed by atoms with Gasteiger partial charge in [-0.05, 0) is 55.0 Å². The fourth-order valence-corrected chi connectivity index (χ4v) is 3.09. The van der Waals surface area contributed by atoms with Crippen molar-refractivity contribution in [1.82, 2.24) is 15.1 Å². The smallest absolute Gasteiger partial charge is 0.251 e. The number of carbonyl (C=O) groups excluding carboxylic acids is 1. The van der Waals surface area contributed by atoms with Gasteiger partial charge < -0.3 is 5.32 Å². The van der Waals surface area contributed by atoms with E-state index in [-0.39, 0.29) is 17.3 Å². The van der Waals surface area contributed by atoms with Crippen LogP contribution in [-0.2, 0) is 16.6 Å². The lowest BCUT2D eigenvalue weighted by atomic mass is 10.1. The average Bonchev–Trinajstić information content (AvgIpc) is 3.05. The molecule has 3 aromatic rings. The summed E-state index contributed by atoms with van der Waals surface area (Å²) in [7, 11) is -3.77. The average molecular weight is 370 g/mol. The Hall–Kier alpha value is -2.97. The van der Waals surface area contributed by atoms with Crippen LogP contribution in [0.5, 0.6) is 0 Å². The first-order valence-electron chi connectivity index (χ1n) is 7.85. The SMILES string of the molecule is Cc1ccnn1-c1ccc(C(=O)NCc2cccc(S(N)(=O)=O)c2)cc1. The molecule has 0 fully saturated rings. The molecular formula is C18H18N4O3S. The minimum Gasteiger partial charge on any atom is -0.348 e. The summed E-state index contributed by atoms with van der Waals surface area (Å²) in [6.07, 6.45) is 1.71. The van der Waals surface area contributed by atoms with Crippen molar-refractivity contribution in [2.24, 2.45) is 5.14 Å². The highest BCUT2D eigenvalue weighted by atomic mass is 32.2. The van der Waals surface area contributed by atoms with Crippen molar-refractivity contribution in [2.75, 3.05) is 0 Å². The number of nitrogens with zero attached hydrogens (tertiary/aromatic N) is 2. The van der Waals surface area contributed by atoms with Gasteiger partial charge in [0.1, 0.15) is 0 Å². The van der Waals surface area contributed by atoms with Gasteiger partial charge in [-0.2, -0.15) is 5.10 Å². The maximum absolute atomic E-state index is 12.3. The van der Waals surface area contributed by atoms with Crippen LogP contribution in [0.2, 0.25) is 0 Å². The first-order chi connectivity index (χ1) is 12.3. The molecule has 8 heteroatoms. The minimum absolute atomic E-state index is 0.0168. The third-order valence-corrected chi connectivity index (χ3v) is 4.80. The first-order valence-corrected chi connectivity index (χ1v) is 9.40. The van der Waals surface area contributed by atoms with Crippen molar-refractivity contribution in [1.29, 1.82) is 0 Å². The number of aryl methyl sites for hydroxylation is 1. The quantitative estimate of drug-likeness (QED) is 0.713. The summed E-state index contributed by atoms with van der Waals surface area (Å²) in [6, 6.07) is 15.1. The Labute approximate surface area is 151 Å². The van der Waals surface area contributed by atoms with Gasteiger partial charge in [0.15, 0.2) is 0 Å². The molecule has 0 atom stereocenters. The number of aromatic nitrogens is 2. The molecular weight excluding hydrogens is 352 g/mol. The number of hydrogen-bond donors (Lipinski definition) is 2. The van der Waals surface area contributed by atoms with E-state index >= 15 is 0 Å². The normalized spacial score (nSPS) is 11.3. The maximum atomic E-state index is 12.3. The summed E-state index contributed by atoms with van der Waals surface area (Å²) in [5.41, 5.74) is 3.01. The molecule has 1 amide bonds. The summed E-state index contributed by atoms with van der Waals surface area (Å²) in [6.45, 7) is 2.14. The summed E-state index contributed by atoms with van der Waals surface area (Å²) in [4.78, 5) is 12.3. The van der Waals surface area contributed by atoms with E-state index in [1.807, 2.05) is 25.1 Å². The molecule has 3 N–H and O–H groups in total. The molecule has 0 saturated heterocycles. The number of rotatable bonds is 5. The zero-order chi connectivity index (χ0) is 18.7. The number of sulfonamides is 1. The minimum atomic E-state index is -3.77. The number of amides is 1. The Kier molecular flexibility index (Phi) is 4.88. The molecule has 0 aliphatic heterocycles. The third-order valence-electron chi connectivity index (χ3n) is 3.89. The van der Waals surface area contributed by atoms with Crippen molar-refractivity contribution >= 4 is 15.9 Å². The molecule has 0 spiro atoms. The number of benzene rings is 2. The molecule has 134 valence electrons. The molecule has 1 aromatic heterocycles. The van der Waals surface area contributed by atoms with Crippen LogP contribution in [0.15, 0.2) is 65.7 Å². The monoisotopic (exact) mass is 370 g/mol. The zero-order valence-corrected chi connectivity index (χ0v) is 14.9. The van der Waals surface area contributed by atoms with Gasteiger partial charge in [0.25, 0.3) is 5.91 Å². The van der Waals surface area contributed by atoms with Gasteiger partial charge in [-0.25, -0.2) is 18.2 Å². The second kappa shape index (κ2) is 7.11. The van der Waals surface area contributed by atoms with Crippen LogP contribution in [0.1, 0.15) is 21.6 Å². The topological polar surface area (TPSA) is 107 Å². The van der Waals surface area contributed by atoms with E-state index in [2.05, 4.69) is 10.4 Å². The fourth-order valence-electron chi connectivity index (χ4n) is 2.51. The lowest BCUT2D eigenvalue weighted by molar-refractivity contribution is 0.0951. The van der Waals surface area contributed by atoms with Crippen molar-refractivity contribution in [3.8, 4) is 5.69 Å². The zero-order valence-electron chi connectivity index (χ0n) is 14.1. The summed E-state index contributed by atoms with van der Waals surface area (Å²) in [5.74, 6) is -0.255. The highest BCUT2D eigenvalue weighted by Gasteiger charge is 2.10. The van der Waals surface area contributed by atoms with Gasteiger partial charge in [0, 0.05) is 24.0 Å². The molecule has 0 unspecified atom stereocenters. The van der Waals surface area contributed by atoms with Crippen LogP contribution < -0.4 is 10.5 Å². The number of primary sulfonamides is 1. The predicted molar refractivity (Wildman–Crippen MR) is 97.3 cm³/mol. The Morgan fingerprint density at radius 2 is 1.88 bits per heavy atom. The summed E-state index contributed by atoms with van der Waals surface area (Å²) < 4.78 is 24.5. The first kappa shape index (κ1) is 17.8. The Morgan fingerprint density at radius 1 is 1.15 bits per heavy atom. The molecule has 1 heterocycles. The van der Waals surface area contributed by atoms with E-state index in [1.54, 1.807) is 35.1 Å². The van der Waals surface area contributed by atoms with Crippen LogP contribution >= 0.6 is 0 Å². The van der Waals surface area contributed by atoms with Crippen LogP contribution in [0.4, 0.5) is 0 Å². The van der Waals surface area contributed by atoms with Crippen molar-refractivity contribution in [3.05, 3.63) is 77.6 Å². The van der Waals surface area contributed by atoms with E-state index in [0.29, 0.717) is 11.1 Å². The van der Waals surface area contributed by atoms with Gasteiger partial charge >= 0.3 is 0 Å². The lowest BCUT2D eigenvalue weighted by Gasteiger charge is -2.08. The predicted octanol–water partition coefficient (Wildman–Crippen LogP) is 1.76. The fraction of sp³-hybridized carbons (Fsp3) is 0.111. The van der Waals surface area contributed by atoms with Crippen LogP contribution in [0.25, 0.3) is 5.69 Å². The second-order valence-electron chi connectivity index (χ2n) is 5.81.